The van der Waals surface area contributed by atoms with Crippen LogP contribution in [-0.2, 0) is 14.4 Å². The van der Waals surface area contributed by atoms with Gasteiger partial charge < -0.3 is 9.64 Å². The first-order chi connectivity index (χ1) is 14.8. The van der Waals surface area contributed by atoms with E-state index in [-0.39, 0.29) is 23.6 Å². The van der Waals surface area contributed by atoms with Crippen molar-refractivity contribution in [2.24, 2.45) is 11.8 Å². The number of fused-ring (bicyclic) bond motifs is 5. The third-order valence-corrected chi connectivity index (χ3v) is 6.99. The van der Waals surface area contributed by atoms with Crippen LogP contribution in [0.1, 0.15) is 29.7 Å². The number of aryl methyl sites for hydroxylation is 1. The maximum Gasteiger partial charge on any atom is 0.240 e. The fourth-order valence-electron chi connectivity index (χ4n) is 5.25. The van der Waals surface area contributed by atoms with Gasteiger partial charge in [0.05, 0.1) is 36.7 Å². The molecule has 0 radical (unpaired) electrons. The van der Waals surface area contributed by atoms with E-state index >= 15 is 0 Å². The van der Waals surface area contributed by atoms with E-state index < -0.39 is 17.9 Å². The fourth-order valence-corrected chi connectivity index (χ4v) is 5.40. The number of carbonyl (C=O) groups excluding carboxylic acids is 3. The van der Waals surface area contributed by atoms with Gasteiger partial charge in [-0.05, 0) is 42.7 Å². The smallest absolute Gasteiger partial charge is 0.240 e. The van der Waals surface area contributed by atoms with Gasteiger partial charge in [-0.1, -0.05) is 35.9 Å². The summed E-state index contributed by atoms with van der Waals surface area (Å²) in [7, 11) is 1.47. The number of ether oxygens (including phenoxy) is 1. The molecule has 0 N–H and O–H groups in total. The van der Waals surface area contributed by atoms with Crippen LogP contribution in [0.5, 0.6) is 5.75 Å². The van der Waals surface area contributed by atoms with E-state index in [1.165, 1.54) is 18.9 Å². The van der Waals surface area contributed by atoms with E-state index in [0.29, 0.717) is 16.5 Å². The average molecular weight is 437 g/mol. The van der Waals surface area contributed by atoms with Crippen molar-refractivity contribution < 1.29 is 19.1 Å². The Labute approximate surface area is 185 Å². The second kappa shape index (κ2) is 6.95. The van der Waals surface area contributed by atoms with Gasteiger partial charge in [0.25, 0.3) is 0 Å². The molecule has 0 saturated carbocycles. The van der Waals surface area contributed by atoms with Crippen molar-refractivity contribution in [2.45, 2.75) is 25.9 Å². The van der Waals surface area contributed by atoms with Crippen molar-refractivity contribution in [2.75, 3.05) is 12.0 Å². The largest absolute Gasteiger partial charge is 0.495 e. The van der Waals surface area contributed by atoms with Gasteiger partial charge in [-0.2, -0.15) is 0 Å². The van der Waals surface area contributed by atoms with Crippen LogP contribution in [0.2, 0.25) is 5.02 Å². The number of methoxy groups -OCH3 is 1. The van der Waals surface area contributed by atoms with Crippen LogP contribution in [0, 0.1) is 18.8 Å². The van der Waals surface area contributed by atoms with Gasteiger partial charge in [0.1, 0.15) is 5.75 Å². The Morgan fingerprint density at radius 2 is 1.81 bits per heavy atom. The topological polar surface area (TPSA) is 66.9 Å². The van der Waals surface area contributed by atoms with Gasteiger partial charge in [0.2, 0.25) is 11.8 Å². The van der Waals surface area contributed by atoms with Crippen molar-refractivity contribution >= 4 is 41.0 Å². The van der Waals surface area contributed by atoms with Gasteiger partial charge in [-0.15, -0.1) is 0 Å². The standard InChI is InChI=1S/C24H21ClN2O4/c1-12-10-17(18(31-3)11-16(12)25)27-23(29)19-20(24(27)30)22-15-7-5-4-6-14(15)8-9-26(22)21(19)13(2)28/h4-11,19-22H,1-3H3/t19-,20-,21-,22-/m1/s1. The lowest BCUT2D eigenvalue weighted by Crippen LogP contribution is -2.43. The summed E-state index contributed by atoms with van der Waals surface area (Å²) < 4.78 is 5.43. The maximum atomic E-state index is 13.7. The number of hydrogen-bond acceptors (Lipinski definition) is 5. The molecule has 2 amide bonds. The van der Waals surface area contributed by atoms with Gasteiger partial charge in [-0.25, -0.2) is 4.90 Å². The van der Waals surface area contributed by atoms with E-state index in [4.69, 9.17) is 16.3 Å². The first-order valence-corrected chi connectivity index (χ1v) is 10.5. The normalized spacial score (nSPS) is 26.1. The number of anilines is 1. The summed E-state index contributed by atoms with van der Waals surface area (Å²) in [4.78, 5) is 43.1. The highest BCUT2D eigenvalue weighted by atomic mass is 35.5. The number of carbonyl (C=O) groups is 3. The number of halogens is 1. The van der Waals surface area contributed by atoms with E-state index in [1.807, 2.05) is 41.4 Å². The molecule has 6 nitrogen and oxygen atoms in total. The quantitative estimate of drug-likeness (QED) is 0.685. The molecule has 2 aromatic rings. The number of imide groups is 1. The Morgan fingerprint density at radius 3 is 2.52 bits per heavy atom. The van der Waals surface area contributed by atoms with Gasteiger partial charge in [0, 0.05) is 17.3 Å². The van der Waals surface area contributed by atoms with Crippen molar-refractivity contribution in [3.63, 3.8) is 0 Å². The maximum absolute atomic E-state index is 13.7. The Kier molecular flexibility index (Phi) is 4.45. The molecule has 31 heavy (non-hydrogen) atoms. The summed E-state index contributed by atoms with van der Waals surface area (Å²) in [6.45, 7) is 3.28. The van der Waals surface area contributed by atoms with Crippen molar-refractivity contribution in [1.29, 1.82) is 0 Å². The monoisotopic (exact) mass is 436 g/mol. The van der Waals surface area contributed by atoms with E-state index in [0.717, 1.165) is 16.7 Å². The molecule has 0 aromatic heterocycles. The lowest BCUT2D eigenvalue weighted by Gasteiger charge is -2.35. The Morgan fingerprint density at radius 1 is 1.10 bits per heavy atom. The van der Waals surface area contributed by atoms with Crippen LogP contribution in [0.3, 0.4) is 0 Å². The van der Waals surface area contributed by atoms with E-state index in [2.05, 4.69) is 0 Å². The molecular formula is C24H21ClN2O4. The van der Waals surface area contributed by atoms with Crippen LogP contribution < -0.4 is 9.64 Å². The molecule has 2 saturated heterocycles. The first kappa shape index (κ1) is 19.8. The number of Topliss-reactive ketones (excluding diaryl/α,β-unsaturated/α-hetero) is 1. The average Bonchev–Trinajstić information content (AvgIpc) is 3.23. The molecule has 0 aliphatic carbocycles. The molecule has 2 fully saturated rings. The Hall–Kier alpha value is -3.12. The van der Waals surface area contributed by atoms with Crippen molar-refractivity contribution in [1.82, 2.24) is 4.90 Å². The SMILES string of the molecule is COc1cc(Cl)c(C)cc1N1C(=O)[C@@H]2[C@@H](C1=O)[C@H]1c3ccccc3C=CN1[C@@H]2C(C)=O. The molecule has 0 bridgehead atoms. The van der Waals surface area contributed by atoms with Crippen LogP contribution in [-0.4, -0.2) is 35.6 Å². The zero-order valence-electron chi connectivity index (χ0n) is 17.3. The number of hydrogen-bond donors (Lipinski definition) is 0. The molecule has 0 spiro atoms. The molecule has 7 heteroatoms. The highest BCUT2D eigenvalue weighted by Gasteiger charge is 2.64. The molecule has 5 rings (SSSR count). The minimum atomic E-state index is -0.758. The summed E-state index contributed by atoms with van der Waals surface area (Å²) in [6, 6.07) is 10.0. The Bertz CT molecular complexity index is 1170. The molecule has 3 heterocycles. The number of rotatable bonds is 3. The molecule has 3 aliphatic rings. The second-order valence-corrected chi connectivity index (χ2v) is 8.64. The number of ketones is 1. The predicted molar refractivity (Wildman–Crippen MR) is 117 cm³/mol. The van der Waals surface area contributed by atoms with Crippen LogP contribution in [0.15, 0.2) is 42.6 Å². The number of benzene rings is 2. The molecule has 3 aliphatic heterocycles. The first-order valence-electron chi connectivity index (χ1n) is 10.1. The zero-order valence-corrected chi connectivity index (χ0v) is 18.1. The molecule has 0 unspecified atom stereocenters. The van der Waals surface area contributed by atoms with Crippen LogP contribution >= 0.6 is 11.6 Å². The number of nitrogens with zero attached hydrogens (tertiary/aromatic N) is 2. The lowest BCUT2D eigenvalue weighted by molar-refractivity contribution is -0.129. The van der Waals surface area contributed by atoms with Crippen LogP contribution in [0.25, 0.3) is 6.08 Å². The third kappa shape index (κ3) is 2.67. The zero-order chi connectivity index (χ0) is 22.0. The third-order valence-electron chi connectivity index (χ3n) is 6.58. The van der Waals surface area contributed by atoms with Gasteiger partial charge >= 0.3 is 0 Å². The highest BCUT2D eigenvalue weighted by Crippen LogP contribution is 2.54. The van der Waals surface area contributed by atoms with Gasteiger partial charge in [0.15, 0.2) is 5.78 Å². The summed E-state index contributed by atoms with van der Waals surface area (Å²) in [5.41, 5.74) is 3.03. The minimum absolute atomic E-state index is 0.135. The lowest BCUT2D eigenvalue weighted by atomic mass is 9.84. The van der Waals surface area contributed by atoms with Crippen molar-refractivity contribution in [3.8, 4) is 5.75 Å². The summed E-state index contributed by atoms with van der Waals surface area (Å²) in [5.74, 6) is -1.91. The molecular weight excluding hydrogens is 416 g/mol. The summed E-state index contributed by atoms with van der Waals surface area (Å²) >= 11 is 6.22. The van der Waals surface area contributed by atoms with E-state index in [1.54, 1.807) is 19.1 Å². The van der Waals surface area contributed by atoms with E-state index in [9.17, 15) is 14.4 Å². The molecule has 158 valence electrons. The number of amides is 2. The van der Waals surface area contributed by atoms with Crippen LogP contribution in [0.4, 0.5) is 5.69 Å². The van der Waals surface area contributed by atoms with Gasteiger partial charge in [-0.3, -0.25) is 14.4 Å². The predicted octanol–water partition coefficient (Wildman–Crippen LogP) is 3.76. The Balaban J connectivity index is 1.67. The fraction of sp³-hybridized carbons (Fsp3) is 0.292. The highest BCUT2D eigenvalue weighted by molar-refractivity contribution is 6.32. The minimum Gasteiger partial charge on any atom is -0.495 e. The summed E-state index contributed by atoms with van der Waals surface area (Å²) in [6.07, 6.45) is 3.77. The van der Waals surface area contributed by atoms with Crippen molar-refractivity contribution in [3.05, 3.63) is 64.3 Å². The molecule has 4 atom stereocenters. The second-order valence-electron chi connectivity index (χ2n) is 8.23. The molecule has 2 aromatic carbocycles. The summed E-state index contributed by atoms with van der Waals surface area (Å²) in [5, 5.41) is 0.485.